The van der Waals surface area contributed by atoms with E-state index in [-0.39, 0.29) is 0 Å². The van der Waals surface area contributed by atoms with Crippen molar-refractivity contribution in [2.45, 2.75) is 0 Å². The first-order valence-corrected chi connectivity index (χ1v) is 19.1. The van der Waals surface area contributed by atoms with E-state index in [0.29, 0.717) is 0 Å². The molecule has 0 amide bonds. The fourth-order valence-electron chi connectivity index (χ4n) is 7.67. The molecule has 0 saturated carbocycles. The summed E-state index contributed by atoms with van der Waals surface area (Å²) >= 11 is 5.67. The zero-order chi connectivity index (χ0) is 34.6. The molecular weight excluding hydrogens is 717 g/mol. The molecule has 0 spiro atoms. The molecule has 0 aliphatic carbocycles. The molecule has 0 aliphatic rings. The van der Waals surface area contributed by atoms with E-state index in [2.05, 4.69) is 213 Å². The SMILES string of the molecule is Brc1ccccc1-c1cccc(N(c2ccc(-c3ccccc3)cc2)c2ccc3c4ccc5sc6ccccc6c5c4n(-c4ccccc4)c3c2)c1. The molecule has 2 nitrogen and oxygen atoms in total. The zero-order valence-corrected chi connectivity index (χ0v) is 30.5. The van der Waals surface area contributed by atoms with Gasteiger partial charge in [-0.2, -0.15) is 0 Å². The van der Waals surface area contributed by atoms with Crippen LogP contribution in [-0.2, 0) is 0 Å². The van der Waals surface area contributed by atoms with Crippen molar-refractivity contribution >= 4 is 86.3 Å². The lowest BCUT2D eigenvalue weighted by atomic mass is 10.0. The van der Waals surface area contributed by atoms with Gasteiger partial charge in [0.2, 0.25) is 0 Å². The fraction of sp³-hybridized carbons (Fsp3) is 0. The molecule has 10 aromatic rings. The standard InChI is InChI=1S/C48H31BrN2S/c49-43-20-9-7-18-39(43)34-14-11-17-37(30-34)50(36-24-22-33(23-25-36)32-12-3-1-4-13-32)38-26-27-40-41-28-29-46-47(42-19-8-10-21-45(42)52-46)48(41)51(44(40)31-38)35-15-5-2-6-16-35/h1-31H. The molecule has 246 valence electrons. The van der Waals surface area contributed by atoms with Crippen LogP contribution in [0, 0.1) is 0 Å². The number of para-hydroxylation sites is 1. The second-order valence-corrected chi connectivity index (χ2v) is 15.0. The number of aromatic nitrogens is 1. The molecule has 8 aromatic carbocycles. The van der Waals surface area contributed by atoms with E-state index in [1.54, 1.807) is 0 Å². The lowest BCUT2D eigenvalue weighted by molar-refractivity contribution is 1.18. The van der Waals surface area contributed by atoms with Crippen LogP contribution < -0.4 is 4.90 Å². The fourth-order valence-corrected chi connectivity index (χ4v) is 9.30. The molecule has 0 radical (unpaired) electrons. The van der Waals surface area contributed by atoms with E-state index in [4.69, 9.17) is 0 Å². The summed E-state index contributed by atoms with van der Waals surface area (Å²) in [6.45, 7) is 0. The summed E-state index contributed by atoms with van der Waals surface area (Å²) in [6, 6.07) is 68.0. The topological polar surface area (TPSA) is 8.17 Å². The van der Waals surface area contributed by atoms with Crippen molar-refractivity contribution in [2.75, 3.05) is 4.90 Å². The number of anilines is 3. The van der Waals surface area contributed by atoms with Crippen LogP contribution in [0.25, 0.3) is 69.9 Å². The summed E-state index contributed by atoms with van der Waals surface area (Å²) < 4.78 is 6.17. The normalized spacial score (nSPS) is 11.6. The van der Waals surface area contributed by atoms with E-state index in [0.717, 1.165) is 38.3 Å². The molecule has 0 N–H and O–H groups in total. The van der Waals surface area contributed by atoms with Gasteiger partial charge in [-0.1, -0.05) is 137 Å². The van der Waals surface area contributed by atoms with Gasteiger partial charge in [-0.3, -0.25) is 0 Å². The van der Waals surface area contributed by atoms with Gasteiger partial charge >= 0.3 is 0 Å². The van der Waals surface area contributed by atoms with E-state index in [1.807, 2.05) is 11.3 Å². The van der Waals surface area contributed by atoms with Crippen LogP contribution in [0.4, 0.5) is 17.1 Å². The summed E-state index contributed by atoms with van der Waals surface area (Å²) in [6.07, 6.45) is 0. The summed E-state index contributed by atoms with van der Waals surface area (Å²) in [5, 5.41) is 5.11. The smallest absolute Gasteiger partial charge is 0.0634 e. The lowest BCUT2D eigenvalue weighted by Crippen LogP contribution is -2.10. The number of thiophene rings is 1. The third-order valence-corrected chi connectivity index (χ3v) is 11.9. The van der Waals surface area contributed by atoms with Crippen molar-refractivity contribution in [1.82, 2.24) is 4.57 Å². The Morgan fingerprint density at radius 2 is 1.10 bits per heavy atom. The molecular formula is C48H31BrN2S. The first-order valence-electron chi connectivity index (χ1n) is 17.5. The van der Waals surface area contributed by atoms with Crippen LogP contribution in [0.2, 0.25) is 0 Å². The average molecular weight is 748 g/mol. The highest BCUT2D eigenvalue weighted by Gasteiger charge is 2.21. The second kappa shape index (κ2) is 12.7. The number of hydrogen-bond acceptors (Lipinski definition) is 2. The predicted octanol–water partition coefficient (Wildman–Crippen LogP) is 14.7. The highest BCUT2D eigenvalue weighted by Crippen LogP contribution is 2.45. The monoisotopic (exact) mass is 746 g/mol. The van der Waals surface area contributed by atoms with Gasteiger partial charge < -0.3 is 9.47 Å². The Balaban J connectivity index is 1.23. The Hall–Kier alpha value is -5.94. The zero-order valence-electron chi connectivity index (χ0n) is 28.1. The maximum atomic E-state index is 3.80. The number of rotatable bonds is 6. The largest absolute Gasteiger partial charge is 0.310 e. The minimum atomic E-state index is 1.08. The Morgan fingerprint density at radius 1 is 0.442 bits per heavy atom. The van der Waals surface area contributed by atoms with Gasteiger partial charge in [0.25, 0.3) is 0 Å². The third kappa shape index (κ3) is 5.14. The highest BCUT2D eigenvalue weighted by atomic mass is 79.9. The van der Waals surface area contributed by atoms with Gasteiger partial charge in [0.15, 0.2) is 0 Å². The van der Waals surface area contributed by atoms with Crippen molar-refractivity contribution in [2.24, 2.45) is 0 Å². The van der Waals surface area contributed by atoms with Crippen molar-refractivity contribution in [3.05, 3.63) is 193 Å². The molecule has 0 unspecified atom stereocenters. The quantitative estimate of drug-likeness (QED) is 0.164. The number of nitrogens with zero attached hydrogens (tertiary/aromatic N) is 2. The van der Waals surface area contributed by atoms with Gasteiger partial charge in [0.05, 0.1) is 11.0 Å². The summed E-state index contributed by atoms with van der Waals surface area (Å²) in [7, 11) is 0. The molecule has 0 bridgehead atoms. The molecule has 2 heterocycles. The van der Waals surface area contributed by atoms with E-state index >= 15 is 0 Å². The predicted molar refractivity (Wildman–Crippen MR) is 227 cm³/mol. The van der Waals surface area contributed by atoms with Crippen LogP contribution in [0.1, 0.15) is 0 Å². The molecule has 52 heavy (non-hydrogen) atoms. The third-order valence-electron chi connectivity index (χ3n) is 10.0. The van der Waals surface area contributed by atoms with Crippen molar-refractivity contribution in [1.29, 1.82) is 0 Å². The summed E-state index contributed by atoms with van der Waals surface area (Å²) in [5.74, 6) is 0. The van der Waals surface area contributed by atoms with Gasteiger partial charge in [-0.25, -0.2) is 0 Å². The first kappa shape index (κ1) is 30.8. The molecule has 4 heteroatoms. The molecule has 10 rings (SSSR count). The summed E-state index contributed by atoms with van der Waals surface area (Å²) in [5.41, 5.74) is 11.6. The Bertz CT molecular complexity index is 2910. The minimum absolute atomic E-state index is 1.08. The number of halogens is 1. The number of fused-ring (bicyclic) bond motifs is 7. The molecule has 0 fully saturated rings. The Kier molecular flexibility index (Phi) is 7.52. The highest BCUT2D eigenvalue weighted by molar-refractivity contribution is 9.10. The van der Waals surface area contributed by atoms with Gasteiger partial charge in [-0.15, -0.1) is 11.3 Å². The average Bonchev–Trinajstić information content (AvgIpc) is 3.75. The molecule has 0 saturated heterocycles. The second-order valence-electron chi connectivity index (χ2n) is 13.1. The molecule has 2 aromatic heterocycles. The van der Waals surface area contributed by atoms with Gasteiger partial charge in [-0.05, 0) is 89.0 Å². The van der Waals surface area contributed by atoms with Crippen molar-refractivity contribution in [3.8, 4) is 27.9 Å². The van der Waals surface area contributed by atoms with Crippen LogP contribution in [0.3, 0.4) is 0 Å². The van der Waals surface area contributed by atoms with E-state index in [1.165, 1.54) is 53.1 Å². The number of benzene rings is 8. The maximum Gasteiger partial charge on any atom is 0.0634 e. The molecule has 0 atom stereocenters. The number of hydrogen-bond donors (Lipinski definition) is 0. The van der Waals surface area contributed by atoms with Crippen LogP contribution in [0.5, 0.6) is 0 Å². The Labute approximate surface area is 314 Å². The van der Waals surface area contributed by atoms with E-state index in [9.17, 15) is 0 Å². The van der Waals surface area contributed by atoms with E-state index < -0.39 is 0 Å². The maximum absolute atomic E-state index is 3.80. The Morgan fingerprint density at radius 3 is 1.92 bits per heavy atom. The summed E-state index contributed by atoms with van der Waals surface area (Å²) in [4.78, 5) is 2.39. The van der Waals surface area contributed by atoms with Gasteiger partial charge in [0, 0.05) is 58.2 Å². The van der Waals surface area contributed by atoms with Gasteiger partial charge in [0.1, 0.15) is 0 Å². The van der Waals surface area contributed by atoms with Crippen LogP contribution >= 0.6 is 27.3 Å². The lowest BCUT2D eigenvalue weighted by Gasteiger charge is -2.26. The minimum Gasteiger partial charge on any atom is -0.310 e. The van der Waals surface area contributed by atoms with Crippen molar-refractivity contribution < 1.29 is 0 Å². The molecule has 0 aliphatic heterocycles. The van der Waals surface area contributed by atoms with Crippen molar-refractivity contribution in [3.63, 3.8) is 0 Å². The first-order chi connectivity index (χ1) is 25.7. The van der Waals surface area contributed by atoms with Crippen LogP contribution in [-0.4, -0.2) is 4.57 Å². The van der Waals surface area contributed by atoms with Crippen LogP contribution in [0.15, 0.2) is 193 Å².